The number of carbonyl (C=O) groups is 1. The zero-order valence-electron chi connectivity index (χ0n) is 13.8. The van der Waals surface area contributed by atoms with Crippen LogP contribution >= 0.6 is 0 Å². The average Bonchev–Trinajstić information content (AvgIpc) is 2.62. The molecule has 132 valence electrons. The van der Waals surface area contributed by atoms with Crippen LogP contribution in [0.15, 0.2) is 47.5 Å². The summed E-state index contributed by atoms with van der Waals surface area (Å²) in [5.74, 6) is -0.345. The van der Waals surface area contributed by atoms with Gasteiger partial charge in [0, 0.05) is 36.9 Å². The second-order valence-corrected chi connectivity index (χ2v) is 7.77. The summed E-state index contributed by atoms with van der Waals surface area (Å²) in [5.41, 5.74) is 1.74. The molecule has 7 nitrogen and oxygen atoms in total. The molecule has 1 aliphatic rings. The molecule has 25 heavy (non-hydrogen) atoms. The van der Waals surface area contributed by atoms with E-state index in [2.05, 4.69) is 15.2 Å². The summed E-state index contributed by atoms with van der Waals surface area (Å²) in [6.45, 7) is 2.88. The number of hydrogen-bond donors (Lipinski definition) is 1. The number of morpholine rings is 1. The number of pyridine rings is 1. The van der Waals surface area contributed by atoms with Crippen molar-refractivity contribution in [2.75, 3.05) is 42.8 Å². The first-order chi connectivity index (χ1) is 11.9. The summed E-state index contributed by atoms with van der Waals surface area (Å²) in [5, 5.41) is 2.73. The number of nitrogens with zero attached hydrogens (tertiary/aromatic N) is 2. The highest BCUT2D eigenvalue weighted by Crippen LogP contribution is 2.18. The smallest absolute Gasteiger partial charge is 0.274 e. The third kappa shape index (κ3) is 4.34. The number of sulfone groups is 1. The van der Waals surface area contributed by atoms with Gasteiger partial charge in [0.25, 0.3) is 5.91 Å². The number of ether oxygens (including phenoxy) is 1. The maximum Gasteiger partial charge on any atom is 0.274 e. The van der Waals surface area contributed by atoms with E-state index in [0.717, 1.165) is 25.0 Å². The standard InChI is InChI=1S/C17H19N3O4S/c1-25(22,23)15-4-2-13(3-5-15)19-17(21)16-12-14(6-7-18-16)20-8-10-24-11-9-20/h2-7,12H,8-11H2,1H3,(H,19,21). The molecule has 1 N–H and O–H groups in total. The Morgan fingerprint density at radius 3 is 2.48 bits per heavy atom. The van der Waals surface area contributed by atoms with E-state index in [4.69, 9.17) is 4.74 Å². The lowest BCUT2D eigenvalue weighted by molar-refractivity contribution is 0.102. The third-order valence-electron chi connectivity index (χ3n) is 3.89. The number of rotatable bonds is 4. The van der Waals surface area contributed by atoms with Crippen LogP contribution in [-0.2, 0) is 14.6 Å². The predicted octanol–water partition coefficient (Wildman–Crippen LogP) is 1.57. The number of amides is 1. The van der Waals surface area contributed by atoms with Gasteiger partial charge in [0.1, 0.15) is 5.69 Å². The number of anilines is 2. The summed E-state index contributed by atoms with van der Waals surface area (Å²) in [4.78, 5) is 18.9. The molecule has 0 bridgehead atoms. The van der Waals surface area contributed by atoms with Crippen LogP contribution in [-0.4, -0.2) is 51.9 Å². The first-order valence-corrected chi connectivity index (χ1v) is 9.73. The average molecular weight is 361 g/mol. The van der Waals surface area contributed by atoms with Crippen molar-refractivity contribution in [2.45, 2.75) is 4.90 Å². The van der Waals surface area contributed by atoms with E-state index in [0.29, 0.717) is 24.6 Å². The van der Waals surface area contributed by atoms with Gasteiger partial charge in [-0.25, -0.2) is 8.42 Å². The minimum Gasteiger partial charge on any atom is -0.378 e. The van der Waals surface area contributed by atoms with E-state index in [-0.39, 0.29) is 10.8 Å². The number of hydrogen-bond acceptors (Lipinski definition) is 6. The molecule has 1 aromatic heterocycles. The van der Waals surface area contributed by atoms with Gasteiger partial charge in [0.15, 0.2) is 9.84 Å². The summed E-state index contributed by atoms with van der Waals surface area (Å²) in [7, 11) is -3.26. The van der Waals surface area contributed by atoms with Gasteiger partial charge in [-0.2, -0.15) is 0 Å². The Kier molecular flexibility index (Phi) is 5.00. The molecule has 0 atom stereocenters. The fourth-order valence-electron chi connectivity index (χ4n) is 2.54. The molecule has 0 spiro atoms. The van der Waals surface area contributed by atoms with E-state index in [1.165, 1.54) is 12.1 Å². The van der Waals surface area contributed by atoms with Crippen LogP contribution in [0.5, 0.6) is 0 Å². The second kappa shape index (κ2) is 7.20. The normalized spacial score (nSPS) is 15.0. The molecule has 0 aliphatic carbocycles. The quantitative estimate of drug-likeness (QED) is 0.889. The van der Waals surface area contributed by atoms with Crippen LogP contribution < -0.4 is 10.2 Å². The Hall–Kier alpha value is -2.45. The number of benzene rings is 1. The Morgan fingerprint density at radius 2 is 1.84 bits per heavy atom. The highest BCUT2D eigenvalue weighted by atomic mass is 32.2. The molecule has 1 aromatic carbocycles. The van der Waals surface area contributed by atoms with Crippen molar-refractivity contribution in [2.24, 2.45) is 0 Å². The molecule has 0 saturated carbocycles. The van der Waals surface area contributed by atoms with Crippen LogP contribution in [0.4, 0.5) is 11.4 Å². The van der Waals surface area contributed by atoms with Gasteiger partial charge in [-0.3, -0.25) is 9.78 Å². The van der Waals surface area contributed by atoms with Crippen molar-refractivity contribution in [3.8, 4) is 0 Å². The number of aromatic nitrogens is 1. The minimum absolute atomic E-state index is 0.206. The fourth-order valence-corrected chi connectivity index (χ4v) is 3.17. The van der Waals surface area contributed by atoms with Crippen molar-refractivity contribution in [1.82, 2.24) is 4.98 Å². The van der Waals surface area contributed by atoms with Gasteiger partial charge in [-0.05, 0) is 36.4 Å². The first-order valence-electron chi connectivity index (χ1n) is 7.84. The molecule has 2 heterocycles. The zero-order chi connectivity index (χ0) is 17.9. The maximum atomic E-state index is 12.4. The molecule has 3 rings (SSSR count). The molecule has 1 amide bonds. The zero-order valence-corrected chi connectivity index (χ0v) is 14.6. The predicted molar refractivity (Wildman–Crippen MR) is 94.8 cm³/mol. The lowest BCUT2D eigenvalue weighted by Gasteiger charge is -2.28. The highest BCUT2D eigenvalue weighted by Gasteiger charge is 2.15. The second-order valence-electron chi connectivity index (χ2n) is 5.75. The molecule has 2 aromatic rings. The minimum atomic E-state index is -3.26. The van der Waals surface area contributed by atoms with Gasteiger partial charge in [-0.1, -0.05) is 0 Å². The molecule has 0 unspecified atom stereocenters. The fraction of sp³-hybridized carbons (Fsp3) is 0.294. The summed E-state index contributed by atoms with van der Waals surface area (Å²) < 4.78 is 28.3. The summed E-state index contributed by atoms with van der Waals surface area (Å²) >= 11 is 0. The molecule has 1 fully saturated rings. The lowest BCUT2D eigenvalue weighted by atomic mass is 10.2. The number of carbonyl (C=O) groups excluding carboxylic acids is 1. The van der Waals surface area contributed by atoms with Crippen molar-refractivity contribution in [3.63, 3.8) is 0 Å². The van der Waals surface area contributed by atoms with Crippen molar-refractivity contribution in [3.05, 3.63) is 48.3 Å². The van der Waals surface area contributed by atoms with E-state index < -0.39 is 9.84 Å². The van der Waals surface area contributed by atoms with E-state index >= 15 is 0 Å². The maximum absolute atomic E-state index is 12.4. The van der Waals surface area contributed by atoms with Gasteiger partial charge in [0.2, 0.25) is 0 Å². The summed E-state index contributed by atoms with van der Waals surface area (Å²) in [6.07, 6.45) is 2.74. The molecular weight excluding hydrogens is 342 g/mol. The largest absolute Gasteiger partial charge is 0.378 e. The molecule has 0 radical (unpaired) electrons. The Morgan fingerprint density at radius 1 is 1.16 bits per heavy atom. The monoisotopic (exact) mass is 361 g/mol. The van der Waals surface area contributed by atoms with Crippen LogP contribution in [0.3, 0.4) is 0 Å². The van der Waals surface area contributed by atoms with Crippen LogP contribution in [0.2, 0.25) is 0 Å². The molecule has 8 heteroatoms. The van der Waals surface area contributed by atoms with Gasteiger partial charge in [0.05, 0.1) is 18.1 Å². The van der Waals surface area contributed by atoms with E-state index in [1.54, 1.807) is 24.4 Å². The van der Waals surface area contributed by atoms with Gasteiger partial charge < -0.3 is 15.0 Å². The Labute approximate surface area is 146 Å². The first kappa shape index (κ1) is 17.4. The Bertz CT molecular complexity index is 860. The number of nitrogens with one attached hydrogen (secondary N) is 1. The van der Waals surface area contributed by atoms with Crippen LogP contribution in [0.1, 0.15) is 10.5 Å². The SMILES string of the molecule is CS(=O)(=O)c1ccc(NC(=O)c2cc(N3CCOCC3)ccn2)cc1. The van der Waals surface area contributed by atoms with E-state index in [1.807, 2.05) is 6.07 Å². The van der Waals surface area contributed by atoms with Crippen molar-refractivity contribution in [1.29, 1.82) is 0 Å². The molecule has 1 saturated heterocycles. The highest BCUT2D eigenvalue weighted by molar-refractivity contribution is 7.90. The summed E-state index contributed by atoms with van der Waals surface area (Å²) in [6, 6.07) is 9.64. The van der Waals surface area contributed by atoms with Crippen LogP contribution in [0, 0.1) is 0 Å². The van der Waals surface area contributed by atoms with Gasteiger partial charge in [-0.15, -0.1) is 0 Å². The van der Waals surface area contributed by atoms with E-state index in [9.17, 15) is 13.2 Å². The van der Waals surface area contributed by atoms with Crippen molar-refractivity contribution < 1.29 is 17.9 Å². The van der Waals surface area contributed by atoms with Gasteiger partial charge >= 0.3 is 0 Å². The molecule has 1 aliphatic heterocycles. The lowest BCUT2D eigenvalue weighted by Crippen LogP contribution is -2.36. The van der Waals surface area contributed by atoms with Crippen LogP contribution in [0.25, 0.3) is 0 Å². The topological polar surface area (TPSA) is 88.6 Å². The molecular formula is C17H19N3O4S. The third-order valence-corrected chi connectivity index (χ3v) is 5.02. The Balaban J connectivity index is 1.72. The van der Waals surface area contributed by atoms with Crippen molar-refractivity contribution >= 4 is 27.1 Å².